The van der Waals surface area contributed by atoms with Crippen LogP contribution in [-0.4, -0.2) is 33.4 Å². The summed E-state index contributed by atoms with van der Waals surface area (Å²) in [6.07, 6.45) is -12.3. The van der Waals surface area contributed by atoms with Gasteiger partial charge in [-0.25, -0.2) is 12.8 Å². The monoisotopic (exact) mass is 529 g/mol. The first-order valence-electron chi connectivity index (χ1n) is 10.3. The Hall–Kier alpha value is -1.85. The smallest absolute Gasteiger partial charge is 0.312 e. The first-order chi connectivity index (χ1) is 15.6. The summed E-state index contributed by atoms with van der Waals surface area (Å²) in [7, 11) is -4.18. The van der Waals surface area contributed by atoms with Crippen LogP contribution in [0, 0.1) is 6.92 Å². The number of hydrogen-bond donors (Lipinski definition) is 1. The Morgan fingerprint density at radius 1 is 1.00 bits per heavy atom. The van der Waals surface area contributed by atoms with Crippen molar-refractivity contribution >= 4 is 21.4 Å². The third kappa shape index (κ3) is 3.37. The summed E-state index contributed by atoms with van der Waals surface area (Å²) >= 11 is 6.01. The van der Waals surface area contributed by atoms with Gasteiger partial charge in [-0.3, -0.25) is 0 Å². The second kappa shape index (κ2) is 7.83. The molecule has 12 heteroatoms. The number of fused-ring (bicyclic) bond motifs is 3. The van der Waals surface area contributed by atoms with Gasteiger partial charge in [0.2, 0.25) is 0 Å². The topological polar surface area (TPSA) is 46.2 Å². The van der Waals surface area contributed by atoms with Gasteiger partial charge in [0, 0.05) is 16.6 Å². The van der Waals surface area contributed by atoms with Crippen molar-refractivity contribution in [2.45, 2.75) is 59.9 Å². The number of nitrogens with one attached hydrogen (secondary N) is 1. The highest BCUT2D eigenvalue weighted by molar-refractivity contribution is 7.92. The Labute approximate surface area is 196 Å². The highest BCUT2D eigenvalue weighted by atomic mass is 35.5. The van der Waals surface area contributed by atoms with E-state index in [-0.39, 0.29) is 41.8 Å². The Kier molecular flexibility index (Phi) is 5.81. The van der Waals surface area contributed by atoms with Crippen molar-refractivity contribution in [3.63, 3.8) is 0 Å². The molecule has 1 aliphatic carbocycles. The molecule has 0 amide bonds. The molecule has 0 aromatic heterocycles. The van der Waals surface area contributed by atoms with Crippen LogP contribution in [0.25, 0.3) is 0 Å². The lowest BCUT2D eigenvalue weighted by molar-refractivity contribution is -0.348. The van der Waals surface area contributed by atoms with Crippen molar-refractivity contribution in [1.29, 1.82) is 0 Å². The summed E-state index contributed by atoms with van der Waals surface area (Å²) in [6.45, 7) is 1.88. The number of hydrogen-bond acceptors (Lipinski definition) is 3. The minimum Gasteiger partial charge on any atom is -0.312 e. The van der Waals surface area contributed by atoms with Gasteiger partial charge in [0.1, 0.15) is 4.75 Å². The predicted molar refractivity (Wildman–Crippen MR) is 111 cm³/mol. The molecule has 2 aromatic carbocycles. The molecule has 1 aliphatic heterocycles. The number of halogens is 8. The SMILES string of the molecule is Cc1cc(S(=O)(=O)C23CCNC2CCc2cc(C(F)(C(F)(F)F)C(F)(F)F)ccc23)ccc1Cl. The molecule has 2 aromatic rings. The van der Waals surface area contributed by atoms with Crippen LogP contribution in [0.4, 0.5) is 30.7 Å². The Morgan fingerprint density at radius 2 is 1.65 bits per heavy atom. The second-order valence-corrected chi connectivity index (χ2v) is 11.2. The maximum Gasteiger partial charge on any atom is 0.435 e. The lowest BCUT2D eigenvalue weighted by Crippen LogP contribution is -2.51. The predicted octanol–water partition coefficient (Wildman–Crippen LogP) is 5.92. The molecular formula is C22H19ClF7NO2S. The number of rotatable bonds is 3. The third-order valence-electron chi connectivity index (χ3n) is 6.81. The van der Waals surface area contributed by atoms with Crippen LogP contribution in [0.15, 0.2) is 41.3 Å². The molecule has 0 saturated carbocycles. The highest BCUT2D eigenvalue weighted by Crippen LogP contribution is 2.55. The van der Waals surface area contributed by atoms with E-state index >= 15 is 0 Å². The number of aryl methyl sites for hydroxylation is 2. The minimum atomic E-state index is -6.25. The third-order valence-corrected chi connectivity index (χ3v) is 9.78. The van der Waals surface area contributed by atoms with E-state index in [2.05, 4.69) is 5.32 Å². The molecule has 186 valence electrons. The van der Waals surface area contributed by atoms with Crippen LogP contribution in [0.5, 0.6) is 0 Å². The van der Waals surface area contributed by atoms with E-state index in [0.29, 0.717) is 22.7 Å². The zero-order valence-corrected chi connectivity index (χ0v) is 19.2. The van der Waals surface area contributed by atoms with E-state index < -0.39 is 44.2 Å². The largest absolute Gasteiger partial charge is 0.435 e. The fraction of sp³-hybridized carbons (Fsp3) is 0.455. The first-order valence-corrected chi connectivity index (χ1v) is 12.1. The van der Waals surface area contributed by atoms with Crippen LogP contribution in [-0.2, 0) is 26.7 Å². The molecule has 2 unspecified atom stereocenters. The van der Waals surface area contributed by atoms with E-state index in [1.807, 2.05) is 0 Å². The molecule has 1 saturated heterocycles. The van der Waals surface area contributed by atoms with Gasteiger partial charge in [-0.15, -0.1) is 0 Å². The molecule has 0 radical (unpaired) electrons. The van der Waals surface area contributed by atoms with Crippen molar-refractivity contribution in [1.82, 2.24) is 5.32 Å². The molecule has 0 bridgehead atoms. The van der Waals surface area contributed by atoms with E-state index in [4.69, 9.17) is 11.6 Å². The zero-order valence-electron chi connectivity index (χ0n) is 17.6. The van der Waals surface area contributed by atoms with E-state index in [1.165, 1.54) is 18.2 Å². The Balaban J connectivity index is 1.93. The van der Waals surface area contributed by atoms with Crippen LogP contribution >= 0.6 is 11.6 Å². The zero-order chi connectivity index (χ0) is 25.3. The van der Waals surface area contributed by atoms with Crippen LogP contribution in [0.3, 0.4) is 0 Å². The molecule has 1 fully saturated rings. The number of benzene rings is 2. The lowest BCUT2D eigenvalue weighted by Gasteiger charge is -2.41. The Morgan fingerprint density at radius 3 is 2.24 bits per heavy atom. The van der Waals surface area contributed by atoms with Gasteiger partial charge < -0.3 is 5.32 Å². The van der Waals surface area contributed by atoms with Gasteiger partial charge in [-0.05, 0) is 67.6 Å². The Bertz CT molecular complexity index is 1230. The van der Waals surface area contributed by atoms with Gasteiger partial charge in [-0.1, -0.05) is 29.8 Å². The molecule has 4 rings (SSSR count). The maximum atomic E-state index is 14.7. The van der Waals surface area contributed by atoms with Gasteiger partial charge >= 0.3 is 18.0 Å². The van der Waals surface area contributed by atoms with Gasteiger partial charge in [0.05, 0.1) is 4.90 Å². The van der Waals surface area contributed by atoms with Gasteiger partial charge in [-0.2, -0.15) is 26.3 Å². The van der Waals surface area contributed by atoms with Crippen LogP contribution in [0.2, 0.25) is 5.02 Å². The van der Waals surface area contributed by atoms with Gasteiger partial charge in [0.15, 0.2) is 9.84 Å². The highest BCUT2D eigenvalue weighted by Gasteiger charge is 2.73. The molecular weight excluding hydrogens is 511 g/mol. The van der Waals surface area contributed by atoms with Crippen molar-refractivity contribution in [3.05, 3.63) is 63.7 Å². The molecule has 2 atom stereocenters. The maximum absolute atomic E-state index is 14.7. The summed E-state index contributed by atoms with van der Waals surface area (Å²) in [5, 5.41) is 3.43. The molecule has 34 heavy (non-hydrogen) atoms. The summed E-state index contributed by atoms with van der Waals surface area (Å²) in [5.41, 5.74) is -6.69. The van der Waals surface area contributed by atoms with Crippen molar-refractivity contribution < 1.29 is 39.2 Å². The van der Waals surface area contributed by atoms with Crippen molar-refractivity contribution in [2.75, 3.05) is 6.54 Å². The minimum absolute atomic E-state index is 0.0104. The lowest BCUT2D eigenvalue weighted by atomic mass is 9.77. The quantitative estimate of drug-likeness (QED) is 0.503. The molecule has 1 heterocycles. The second-order valence-electron chi connectivity index (χ2n) is 8.63. The van der Waals surface area contributed by atoms with Crippen LogP contribution < -0.4 is 5.32 Å². The normalized spacial score (nSPS) is 23.5. The van der Waals surface area contributed by atoms with E-state index in [1.54, 1.807) is 6.92 Å². The summed E-state index contributed by atoms with van der Waals surface area (Å²) in [5.74, 6) is 0. The van der Waals surface area contributed by atoms with Gasteiger partial charge in [0.25, 0.3) is 0 Å². The average Bonchev–Trinajstić information content (AvgIpc) is 3.19. The summed E-state index contributed by atoms with van der Waals surface area (Å²) in [6, 6.07) is 5.29. The fourth-order valence-electron chi connectivity index (χ4n) is 5.11. The number of alkyl halides is 7. The molecule has 3 nitrogen and oxygen atoms in total. The average molecular weight is 530 g/mol. The van der Waals surface area contributed by atoms with Crippen molar-refractivity contribution in [2.24, 2.45) is 0 Å². The molecule has 0 spiro atoms. The summed E-state index contributed by atoms with van der Waals surface area (Å²) < 4.78 is 120. The molecule has 1 N–H and O–H groups in total. The fourth-order valence-corrected chi connectivity index (χ4v) is 7.66. The summed E-state index contributed by atoms with van der Waals surface area (Å²) in [4.78, 5) is -0.0644. The van der Waals surface area contributed by atoms with Crippen LogP contribution in [0.1, 0.15) is 35.1 Å². The first kappa shape index (κ1) is 25.2. The van der Waals surface area contributed by atoms with Crippen molar-refractivity contribution in [3.8, 4) is 0 Å². The van der Waals surface area contributed by atoms with E-state index in [0.717, 1.165) is 6.07 Å². The number of sulfone groups is 1. The molecule has 2 aliphatic rings. The van der Waals surface area contributed by atoms with E-state index in [9.17, 15) is 39.2 Å². The standard InChI is InChI=1S/C22H19ClF7NO2S/c1-12-10-15(4-6-17(12)23)34(32,33)19-8-9-31-18(19)7-2-13-11-14(3-5-16(13)19)20(24,21(25,26)27)22(28,29)30/h3-6,10-11,18,31H,2,7-9H2,1H3.